The number of benzene rings is 3. The zero-order valence-electron chi connectivity index (χ0n) is 18.0. The highest BCUT2D eigenvalue weighted by atomic mass is 32.2. The molecule has 4 rings (SSSR count). The zero-order valence-corrected chi connectivity index (χ0v) is 18.8. The molecular formula is C26H22N2O4S. The molecule has 1 aliphatic heterocycles. The van der Waals surface area contributed by atoms with Crippen molar-refractivity contribution in [2.45, 2.75) is 11.8 Å². The molecule has 3 aromatic rings. The molecule has 7 heteroatoms. The lowest BCUT2D eigenvalue weighted by atomic mass is 9.72. The van der Waals surface area contributed by atoms with E-state index in [1.807, 2.05) is 36.4 Å². The summed E-state index contributed by atoms with van der Waals surface area (Å²) >= 11 is 0. The van der Waals surface area contributed by atoms with Gasteiger partial charge in [0.2, 0.25) is 11.6 Å². The number of para-hydroxylation sites is 1. The Hall–Kier alpha value is -3.84. The Morgan fingerprint density at radius 1 is 0.939 bits per heavy atom. The number of hydrogen-bond acceptors (Lipinski definition) is 4. The van der Waals surface area contributed by atoms with Crippen molar-refractivity contribution in [3.8, 4) is 0 Å². The number of nitrogens with zero attached hydrogens (tertiary/aromatic N) is 1. The molecule has 1 heterocycles. The van der Waals surface area contributed by atoms with Crippen LogP contribution in [0.3, 0.4) is 0 Å². The van der Waals surface area contributed by atoms with Gasteiger partial charge in [0.25, 0.3) is 10.0 Å². The molecule has 166 valence electrons. The predicted molar refractivity (Wildman–Crippen MR) is 129 cm³/mol. The first-order valence-electron chi connectivity index (χ1n) is 10.3. The molecule has 6 nitrogen and oxygen atoms in total. The number of amidine groups is 1. The molecular weight excluding hydrogens is 436 g/mol. The molecule has 0 fully saturated rings. The third-order valence-corrected chi connectivity index (χ3v) is 6.15. The summed E-state index contributed by atoms with van der Waals surface area (Å²) in [5.41, 5.74) is 1.25. The van der Waals surface area contributed by atoms with Crippen molar-refractivity contribution in [2.75, 3.05) is 11.6 Å². The Labute approximate surface area is 192 Å². The lowest BCUT2D eigenvalue weighted by Crippen LogP contribution is -2.36. The van der Waals surface area contributed by atoms with Crippen LogP contribution >= 0.6 is 0 Å². The molecule has 0 amide bonds. The lowest BCUT2D eigenvalue weighted by Gasteiger charge is -2.29. The minimum atomic E-state index is -3.78. The fraction of sp³-hybridized carbons (Fsp3) is 0.115. The fourth-order valence-corrected chi connectivity index (χ4v) is 4.78. The minimum absolute atomic E-state index is 0.157. The van der Waals surface area contributed by atoms with Gasteiger partial charge in [-0.1, -0.05) is 78.9 Å². The van der Waals surface area contributed by atoms with Crippen molar-refractivity contribution in [2.24, 2.45) is 4.40 Å². The van der Waals surface area contributed by atoms with E-state index < -0.39 is 27.0 Å². The third kappa shape index (κ3) is 4.03. The van der Waals surface area contributed by atoms with Crippen LogP contribution in [-0.2, 0) is 15.4 Å². The molecule has 0 aromatic heterocycles. The first-order valence-corrected chi connectivity index (χ1v) is 12.1. The van der Waals surface area contributed by atoms with Crippen LogP contribution < -0.4 is 5.32 Å². The SMILES string of the molecule is C=CCC1(c2ccccc2)/C(=N/S(C)(=O)=O)Nc2c(C(=O)C(=O)c3ccccc3)cccc21. The normalized spacial score (nSPS) is 18.4. The average molecular weight is 459 g/mol. The van der Waals surface area contributed by atoms with E-state index in [1.165, 1.54) is 0 Å². The second-order valence-corrected chi connectivity index (χ2v) is 9.46. The summed E-state index contributed by atoms with van der Waals surface area (Å²) in [5, 5.41) is 3.07. The van der Waals surface area contributed by atoms with E-state index in [1.54, 1.807) is 48.5 Å². The second kappa shape index (κ2) is 8.60. The quantitative estimate of drug-likeness (QED) is 0.322. The summed E-state index contributed by atoms with van der Waals surface area (Å²) in [4.78, 5) is 26.1. The predicted octanol–water partition coefficient (Wildman–Crippen LogP) is 4.40. The van der Waals surface area contributed by atoms with Crippen LogP contribution in [0.5, 0.6) is 0 Å². The van der Waals surface area contributed by atoms with Gasteiger partial charge < -0.3 is 5.32 Å². The maximum Gasteiger partial charge on any atom is 0.251 e. The molecule has 0 aliphatic carbocycles. The highest BCUT2D eigenvalue weighted by Gasteiger charge is 2.47. The van der Waals surface area contributed by atoms with E-state index in [9.17, 15) is 18.0 Å². The van der Waals surface area contributed by atoms with Gasteiger partial charge >= 0.3 is 0 Å². The molecule has 0 radical (unpaired) electrons. The van der Waals surface area contributed by atoms with Gasteiger partial charge in [-0.15, -0.1) is 11.0 Å². The number of carbonyl (C=O) groups is 2. The van der Waals surface area contributed by atoms with Gasteiger partial charge in [-0.05, 0) is 23.6 Å². The Balaban J connectivity index is 1.96. The topological polar surface area (TPSA) is 92.7 Å². The smallest absolute Gasteiger partial charge is 0.251 e. The molecule has 1 N–H and O–H groups in total. The number of ketones is 2. The van der Waals surface area contributed by atoms with E-state index in [2.05, 4.69) is 16.3 Å². The maximum absolute atomic E-state index is 13.2. The van der Waals surface area contributed by atoms with Crippen LogP contribution in [0.2, 0.25) is 0 Å². The number of rotatable bonds is 7. The number of Topliss-reactive ketones (excluding diaryl/α,β-unsaturated/α-hetero) is 2. The molecule has 0 bridgehead atoms. The van der Waals surface area contributed by atoms with Crippen molar-refractivity contribution in [1.82, 2.24) is 0 Å². The first kappa shape index (κ1) is 22.4. The van der Waals surface area contributed by atoms with Gasteiger partial charge in [0.15, 0.2) is 0 Å². The van der Waals surface area contributed by atoms with Crippen LogP contribution in [0, 0.1) is 0 Å². The molecule has 0 saturated carbocycles. The van der Waals surface area contributed by atoms with Crippen LogP contribution in [0.25, 0.3) is 0 Å². The van der Waals surface area contributed by atoms with Crippen molar-refractivity contribution >= 4 is 33.1 Å². The number of carbonyl (C=O) groups excluding carboxylic acids is 2. The Kier molecular flexibility index (Phi) is 5.82. The molecule has 0 saturated heterocycles. The summed E-state index contributed by atoms with van der Waals surface area (Å²) in [6.45, 7) is 3.87. The van der Waals surface area contributed by atoms with Gasteiger partial charge in [0.1, 0.15) is 5.84 Å². The largest absolute Gasteiger partial charge is 0.341 e. The number of nitrogens with one attached hydrogen (secondary N) is 1. The van der Waals surface area contributed by atoms with Crippen molar-refractivity contribution in [1.29, 1.82) is 0 Å². The first-order chi connectivity index (χ1) is 15.8. The highest BCUT2D eigenvalue weighted by Crippen LogP contribution is 2.47. The monoisotopic (exact) mass is 458 g/mol. The van der Waals surface area contributed by atoms with E-state index in [0.29, 0.717) is 17.7 Å². The zero-order chi connectivity index (χ0) is 23.6. The Morgan fingerprint density at radius 2 is 1.58 bits per heavy atom. The van der Waals surface area contributed by atoms with Crippen LogP contribution in [0.15, 0.2) is 95.9 Å². The number of anilines is 1. The molecule has 1 atom stereocenters. The molecule has 0 spiro atoms. The minimum Gasteiger partial charge on any atom is -0.341 e. The van der Waals surface area contributed by atoms with E-state index in [-0.39, 0.29) is 17.0 Å². The van der Waals surface area contributed by atoms with Gasteiger partial charge in [0.05, 0.1) is 17.4 Å². The Bertz CT molecular complexity index is 1380. The number of hydrogen-bond donors (Lipinski definition) is 1. The number of sulfonamides is 1. The summed E-state index contributed by atoms with van der Waals surface area (Å²) in [6, 6.07) is 22.7. The molecule has 33 heavy (non-hydrogen) atoms. The van der Waals surface area contributed by atoms with Crippen molar-refractivity contribution < 1.29 is 18.0 Å². The highest BCUT2D eigenvalue weighted by molar-refractivity contribution is 7.89. The second-order valence-electron chi connectivity index (χ2n) is 7.81. The number of allylic oxidation sites excluding steroid dienone is 1. The summed E-state index contributed by atoms with van der Waals surface area (Å²) in [6.07, 6.45) is 3.03. The van der Waals surface area contributed by atoms with Gasteiger partial charge in [0, 0.05) is 11.1 Å². The number of fused-ring (bicyclic) bond motifs is 1. The van der Waals surface area contributed by atoms with E-state index in [0.717, 1.165) is 11.8 Å². The van der Waals surface area contributed by atoms with Gasteiger partial charge in [-0.25, -0.2) is 8.42 Å². The van der Waals surface area contributed by atoms with Gasteiger partial charge in [-0.3, -0.25) is 9.59 Å². The Morgan fingerprint density at radius 3 is 2.18 bits per heavy atom. The maximum atomic E-state index is 13.2. The molecule has 3 aromatic carbocycles. The van der Waals surface area contributed by atoms with Crippen LogP contribution in [0.1, 0.15) is 38.3 Å². The van der Waals surface area contributed by atoms with E-state index in [4.69, 9.17) is 0 Å². The molecule has 1 aliphatic rings. The standard InChI is InChI=1S/C26H22N2O4S/c1-3-17-26(19-13-8-5-9-14-19)21-16-10-15-20(22(21)27-25(26)28-33(2,31)32)24(30)23(29)18-11-6-4-7-12-18/h3-16H,1,17H2,2H3,(H,27,28). The third-order valence-electron chi connectivity index (χ3n) is 5.63. The lowest BCUT2D eigenvalue weighted by molar-refractivity contribution is 0.0817. The molecule has 1 unspecified atom stereocenters. The van der Waals surface area contributed by atoms with Crippen LogP contribution in [-0.4, -0.2) is 32.1 Å². The summed E-state index contributed by atoms with van der Waals surface area (Å²) < 4.78 is 28.4. The van der Waals surface area contributed by atoms with Crippen LogP contribution in [0.4, 0.5) is 5.69 Å². The van der Waals surface area contributed by atoms with Crippen molar-refractivity contribution in [3.63, 3.8) is 0 Å². The van der Waals surface area contributed by atoms with Crippen molar-refractivity contribution in [3.05, 3.63) is 114 Å². The summed E-state index contributed by atoms with van der Waals surface area (Å²) in [7, 11) is -3.78. The van der Waals surface area contributed by atoms with E-state index >= 15 is 0 Å². The fourth-order valence-electron chi connectivity index (χ4n) is 4.25. The average Bonchev–Trinajstić information content (AvgIpc) is 3.12. The summed E-state index contributed by atoms with van der Waals surface area (Å²) in [5.74, 6) is -1.17. The van der Waals surface area contributed by atoms with Gasteiger partial charge in [-0.2, -0.15) is 0 Å².